The minimum Gasteiger partial charge on any atom is -0.465 e. The van der Waals surface area contributed by atoms with Gasteiger partial charge in [0, 0.05) is 0 Å². The average Bonchev–Trinajstić information content (AvgIpc) is 2.80. The molecule has 4 nitrogen and oxygen atoms in total. The Morgan fingerprint density at radius 3 is 1.32 bits per heavy atom. The van der Waals surface area contributed by atoms with Crippen LogP contribution in [0.15, 0.2) is 0 Å². The van der Waals surface area contributed by atoms with Crippen LogP contribution in [0.5, 0.6) is 0 Å². The summed E-state index contributed by atoms with van der Waals surface area (Å²) in [5, 5.41) is 0. The minimum atomic E-state index is -0.0772. The third-order valence-corrected chi connectivity index (χ3v) is 9.02. The normalized spacial score (nSPS) is 21.1. The van der Waals surface area contributed by atoms with Crippen molar-refractivity contribution < 1.29 is 19.1 Å². The van der Waals surface area contributed by atoms with Crippen LogP contribution >= 0.6 is 0 Å². The van der Waals surface area contributed by atoms with E-state index in [4.69, 9.17) is 9.47 Å². The number of ether oxygens (including phenoxy) is 2. The van der Waals surface area contributed by atoms with Crippen LogP contribution in [0, 0.1) is 34.5 Å². The summed E-state index contributed by atoms with van der Waals surface area (Å²) >= 11 is 0. The van der Waals surface area contributed by atoms with Gasteiger partial charge < -0.3 is 9.47 Å². The van der Waals surface area contributed by atoms with Crippen molar-refractivity contribution in [2.75, 3.05) is 13.2 Å². The molecule has 34 heavy (non-hydrogen) atoms. The average molecular weight is 481 g/mol. The molecule has 0 amide bonds. The van der Waals surface area contributed by atoms with Gasteiger partial charge in [0.25, 0.3) is 0 Å². The molecular formula is C30H56O4. The Bertz CT molecular complexity index is 535. The lowest BCUT2D eigenvalue weighted by molar-refractivity contribution is -0.156. The molecule has 0 radical (unpaired) electrons. The number of rotatable bonds is 16. The van der Waals surface area contributed by atoms with Crippen LogP contribution in [0.25, 0.3) is 0 Å². The second-order valence-corrected chi connectivity index (χ2v) is 12.4. The monoisotopic (exact) mass is 480 g/mol. The van der Waals surface area contributed by atoms with Crippen molar-refractivity contribution in [3.8, 4) is 0 Å². The van der Waals surface area contributed by atoms with Gasteiger partial charge in [-0.25, -0.2) is 0 Å². The van der Waals surface area contributed by atoms with E-state index in [0.29, 0.717) is 25.0 Å². The van der Waals surface area contributed by atoms with Gasteiger partial charge in [-0.05, 0) is 61.2 Å². The summed E-state index contributed by atoms with van der Waals surface area (Å²) in [6, 6.07) is 0. The molecule has 1 saturated carbocycles. The number of hydrogen-bond acceptors (Lipinski definition) is 4. The van der Waals surface area contributed by atoms with E-state index in [-0.39, 0.29) is 34.6 Å². The van der Waals surface area contributed by atoms with E-state index in [9.17, 15) is 9.59 Å². The molecular weight excluding hydrogens is 424 g/mol. The molecule has 0 saturated heterocycles. The van der Waals surface area contributed by atoms with Crippen molar-refractivity contribution in [3.63, 3.8) is 0 Å². The summed E-state index contributed by atoms with van der Waals surface area (Å²) < 4.78 is 11.3. The number of carbonyl (C=O) groups excluding carboxylic acids is 2. The Morgan fingerprint density at radius 1 is 0.706 bits per heavy atom. The Hall–Kier alpha value is -1.06. The molecule has 4 heteroatoms. The number of unbranched alkanes of at least 4 members (excludes halogenated alkanes) is 2. The molecule has 1 fully saturated rings. The fourth-order valence-electron chi connectivity index (χ4n) is 4.92. The van der Waals surface area contributed by atoms with Crippen molar-refractivity contribution >= 4 is 11.9 Å². The van der Waals surface area contributed by atoms with Crippen LogP contribution in [-0.4, -0.2) is 25.2 Å². The molecule has 0 heterocycles. The number of hydrogen-bond donors (Lipinski definition) is 0. The topological polar surface area (TPSA) is 52.6 Å². The second-order valence-electron chi connectivity index (χ2n) is 12.4. The summed E-state index contributed by atoms with van der Waals surface area (Å²) in [6.45, 7) is 19.2. The van der Waals surface area contributed by atoms with E-state index in [2.05, 4.69) is 55.4 Å². The van der Waals surface area contributed by atoms with Gasteiger partial charge in [0.1, 0.15) is 0 Å². The highest BCUT2D eigenvalue weighted by Crippen LogP contribution is 2.36. The molecule has 0 aromatic carbocycles. The first-order valence-electron chi connectivity index (χ1n) is 14.3. The maximum absolute atomic E-state index is 12.6. The lowest BCUT2D eigenvalue weighted by Crippen LogP contribution is -2.30. The third kappa shape index (κ3) is 10.7. The van der Waals surface area contributed by atoms with E-state index >= 15 is 0 Å². The zero-order valence-corrected chi connectivity index (χ0v) is 23.8. The van der Waals surface area contributed by atoms with Crippen LogP contribution < -0.4 is 0 Å². The zero-order valence-electron chi connectivity index (χ0n) is 23.8. The van der Waals surface area contributed by atoms with Crippen molar-refractivity contribution in [1.29, 1.82) is 0 Å². The summed E-state index contributed by atoms with van der Waals surface area (Å²) in [7, 11) is 0. The molecule has 1 rings (SSSR count). The van der Waals surface area contributed by atoms with Crippen LogP contribution in [0.1, 0.15) is 132 Å². The first-order valence-corrected chi connectivity index (χ1v) is 14.3. The fraction of sp³-hybridized carbons (Fsp3) is 0.933. The molecule has 0 aliphatic heterocycles. The quantitative estimate of drug-likeness (QED) is 0.208. The lowest BCUT2D eigenvalue weighted by atomic mass is 9.75. The molecule has 2 atom stereocenters. The third-order valence-electron chi connectivity index (χ3n) is 9.02. The van der Waals surface area contributed by atoms with Crippen LogP contribution in [0.4, 0.5) is 0 Å². The van der Waals surface area contributed by atoms with Crippen molar-refractivity contribution in [3.05, 3.63) is 0 Å². The smallest absolute Gasteiger partial charge is 0.308 e. The minimum absolute atomic E-state index is 0.0666. The second kappa shape index (κ2) is 15.1. The lowest BCUT2D eigenvalue weighted by Gasteiger charge is -2.33. The van der Waals surface area contributed by atoms with E-state index < -0.39 is 0 Å². The highest BCUT2D eigenvalue weighted by molar-refractivity contribution is 5.75. The standard InChI is InChI=1S/C30H56O4/c1-9-11-13-23(3)29(5,6)19-21-33-27(31)25-15-17-26(18-16-25)28(32)34-22-20-30(7,8)24(4)14-12-10-2/h23-26H,9-22H2,1-8H3. The summed E-state index contributed by atoms with van der Waals surface area (Å²) in [5.41, 5.74) is 0.360. The zero-order chi connectivity index (χ0) is 25.8. The maximum atomic E-state index is 12.6. The molecule has 0 aromatic rings. The molecule has 1 aliphatic carbocycles. The van der Waals surface area contributed by atoms with Gasteiger partial charge in [-0.1, -0.05) is 93.9 Å². The number of esters is 2. The Morgan fingerprint density at radius 2 is 1.03 bits per heavy atom. The van der Waals surface area contributed by atoms with Crippen molar-refractivity contribution in [2.24, 2.45) is 34.5 Å². The van der Waals surface area contributed by atoms with Gasteiger partial charge >= 0.3 is 11.9 Å². The molecule has 0 aromatic heterocycles. The molecule has 0 N–H and O–H groups in total. The predicted molar refractivity (Wildman–Crippen MR) is 142 cm³/mol. The van der Waals surface area contributed by atoms with Gasteiger partial charge in [0.05, 0.1) is 25.0 Å². The van der Waals surface area contributed by atoms with E-state index in [1.807, 2.05) is 0 Å². The maximum Gasteiger partial charge on any atom is 0.308 e. The van der Waals surface area contributed by atoms with E-state index in [0.717, 1.165) is 38.5 Å². The predicted octanol–water partition coefficient (Wildman–Crippen LogP) is 8.36. The van der Waals surface area contributed by atoms with Crippen molar-refractivity contribution in [1.82, 2.24) is 0 Å². The van der Waals surface area contributed by atoms with Crippen LogP contribution in [-0.2, 0) is 19.1 Å². The SMILES string of the molecule is CCCCC(C)C(C)(C)CCOC(=O)C1CCC(C(=O)OCCC(C)(C)C(C)CCCC)CC1. The summed E-state index contributed by atoms with van der Waals surface area (Å²) in [4.78, 5) is 25.2. The van der Waals surface area contributed by atoms with Gasteiger partial charge in [-0.15, -0.1) is 0 Å². The van der Waals surface area contributed by atoms with Gasteiger partial charge in [-0.3, -0.25) is 9.59 Å². The molecule has 2 unspecified atom stereocenters. The molecule has 0 spiro atoms. The first kappa shape index (κ1) is 31.0. The van der Waals surface area contributed by atoms with E-state index in [1.54, 1.807) is 0 Å². The first-order chi connectivity index (χ1) is 15.9. The van der Waals surface area contributed by atoms with Crippen LogP contribution in [0.2, 0.25) is 0 Å². The Kier molecular flexibility index (Phi) is 13.8. The fourth-order valence-corrected chi connectivity index (χ4v) is 4.92. The Balaban J connectivity index is 2.31. The van der Waals surface area contributed by atoms with Gasteiger partial charge in [0.2, 0.25) is 0 Å². The van der Waals surface area contributed by atoms with Gasteiger partial charge in [-0.2, -0.15) is 0 Å². The highest BCUT2D eigenvalue weighted by Gasteiger charge is 2.33. The molecule has 0 bridgehead atoms. The summed E-state index contributed by atoms with van der Waals surface area (Å²) in [6.07, 6.45) is 12.1. The Labute approximate surface area is 211 Å². The summed E-state index contributed by atoms with van der Waals surface area (Å²) in [5.74, 6) is 0.958. The van der Waals surface area contributed by atoms with Gasteiger partial charge in [0.15, 0.2) is 0 Å². The van der Waals surface area contributed by atoms with E-state index in [1.165, 1.54) is 38.5 Å². The molecule has 200 valence electrons. The van der Waals surface area contributed by atoms with Crippen LogP contribution in [0.3, 0.4) is 0 Å². The highest BCUT2D eigenvalue weighted by atomic mass is 16.5. The largest absolute Gasteiger partial charge is 0.465 e. The molecule has 1 aliphatic rings. The van der Waals surface area contributed by atoms with Crippen molar-refractivity contribution in [2.45, 2.75) is 132 Å². The number of carbonyl (C=O) groups is 2.